The molecule has 27 heavy (non-hydrogen) atoms. The molecule has 4 rings (SSSR count). The summed E-state index contributed by atoms with van der Waals surface area (Å²) in [7, 11) is 1.72. The molecule has 1 saturated heterocycles. The molecule has 3 atom stereocenters. The first-order valence-electron chi connectivity index (χ1n) is 9.35. The smallest absolute Gasteiger partial charge is 0.307 e. The fourth-order valence-electron chi connectivity index (χ4n) is 4.27. The van der Waals surface area contributed by atoms with Gasteiger partial charge in [-0.3, -0.25) is 14.6 Å². The minimum absolute atomic E-state index is 0.0726. The molecule has 0 bridgehead atoms. The van der Waals surface area contributed by atoms with Crippen molar-refractivity contribution in [2.24, 2.45) is 4.99 Å². The lowest BCUT2D eigenvalue weighted by Gasteiger charge is -2.40. The van der Waals surface area contributed by atoms with Gasteiger partial charge in [-0.2, -0.15) is 0 Å². The Balaban J connectivity index is 1.76. The van der Waals surface area contributed by atoms with E-state index in [4.69, 9.17) is 4.99 Å². The molecule has 1 aromatic rings. The summed E-state index contributed by atoms with van der Waals surface area (Å²) in [5, 5.41) is 0. The highest BCUT2D eigenvalue weighted by Gasteiger charge is 2.55. The summed E-state index contributed by atoms with van der Waals surface area (Å²) in [5.41, 5.74) is 3.27. The van der Waals surface area contributed by atoms with Gasteiger partial charge in [-0.05, 0) is 33.3 Å². The second kappa shape index (κ2) is 6.11. The number of amides is 3. The van der Waals surface area contributed by atoms with Crippen molar-refractivity contribution in [2.45, 2.75) is 45.9 Å². The third kappa shape index (κ3) is 2.30. The summed E-state index contributed by atoms with van der Waals surface area (Å²) >= 11 is 0. The van der Waals surface area contributed by atoms with E-state index in [-0.39, 0.29) is 18.0 Å². The van der Waals surface area contributed by atoms with Crippen LogP contribution in [0.2, 0.25) is 0 Å². The molecule has 3 unspecified atom stereocenters. The standard InChI is InChI=1S/C20H25N5O2/c1-6-23-18(26)16-17(22(5)20(23)27)21-19-24(12(2)13(3)25(16)19)14(4)15-10-8-7-9-11-15/h7-11,14,16-17H,6H2,1-5H3. The van der Waals surface area contributed by atoms with Crippen LogP contribution < -0.4 is 0 Å². The lowest BCUT2D eigenvalue weighted by molar-refractivity contribution is -0.136. The van der Waals surface area contributed by atoms with Gasteiger partial charge in [-0.15, -0.1) is 0 Å². The van der Waals surface area contributed by atoms with Crippen LogP contribution in [0.25, 0.3) is 0 Å². The Morgan fingerprint density at radius 3 is 2.41 bits per heavy atom. The third-order valence-corrected chi connectivity index (χ3v) is 5.92. The molecular formula is C20H25N5O2. The highest BCUT2D eigenvalue weighted by atomic mass is 16.2. The van der Waals surface area contributed by atoms with Crippen LogP contribution in [0, 0.1) is 0 Å². The summed E-state index contributed by atoms with van der Waals surface area (Å²) in [5.74, 6) is 0.577. The van der Waals surface area contributed by atoms with Gasteiger partial charge in [0.25, 0.3) is 5.91 Å². The van der Waals surface area contributed by atoms with Crippen molar-refractivity contribution in [1.82, 2.24) is 19.6 Å². The van der Waals surface area contributed by atoms with Gasteiger partial charge in [-0.1, -0.05) is 30.3 Å². The zero-order chi connectivity index (χ0) is 19.5. The molecule has 0 saturated carbocycles. The Morgan fingerprint density at radius 2 is 1.78 bits per heavy atom. The topological polar surface area (TPSA) is 59.5 Å². The molecule has 3 aliphatic rings. The summed E-state index contributed by atoms with van der Waals surface area (Å²) in [6.45, 7) is 8.40. The zero-order valence-corrected chi connectivity index (χ0v) is 16.4. The number of hydrogen-bond acceptors (Lipinski definition) is 5. The number of rotatable bonds is 3. The molecule has 1 fully saturated rings. The predicted octanol–water partition coefficient (Wildman–Crippen LogP) is 2.59. The number of nitrogens with zero attached hydrogens (tertiary/aromatic N) is 5. The average molecular weight is 367 g/mol. The zero-order valence-electron chi connectivity index (χ0n) is 16.4. The maximum atomic E-state index is 13.1. The molecule has 0 aromatic heterocycles. The quantitative estimate of drug-likeness (QED) is 0.824. The number of fused-ring (bicyclic) bond motifs is 3. The molecule has 3 aliphatic heterocycles. The van der Waals surface area contributed by atoms with Gasteiger partial charge in [0.15, 0.2) is 12.2 Å². The van der Waals surface area contributed by atoms with Crippen LogP contribution in [0.15, 0.2) is 46.7 Å². The van der Waals surface area contributed by atoms with Crippen molar-refractivity contribution in [3.63, 3.8) is 0 Å². The van der Waals surface area contributed by atoms with E-state index in [1.54, 1.807) is 11.9 Å². The molecule has 7 nitrogen and oxygen atoms in total. The minimum Gasteiger partial charge on any atom is -0.307 e. The van der Waals surface area contributed by atoms with E-state index < -0.39 is 12.2 Å². The van der Waals surface area contributed by atoms with E-state index in [0.717, 1.165) is 17.4 Å². The average Bonchev–Trinajstić information content (AvgIpc) is 3.17. The number of guanidine groups is 1. The summed E-state index contributed by atoms with van der Waals surface area (Å²) in [6.07, 6.45) is -0.490. The number of benzene rings is 1. The molecule has 0 spiro atoms. The number of aliphatic imine (C=N–C) groups is 1. The van der Waals surface area contributed by atoms with Gasteiger partial charge < -0.3 is 9.80 Å². The number of imide groups is 1. The molecule has 3 heterocycles. The molecule has 142 valence electrons. The maximum absolute atomic E-state index is 13.1. The molecule has 0 N–H and O–H groups in total. The van der Waals surface area contributed by atoms with Crippen molar-refractivity contribution in [2.75, 3.05) is 13.6 Å². The van der Waals surface area contributed by atoms with Gasteiger partial charge in [0.2, 0.25) is 5.96 Å². The van der Waals surface area contributed by atoms with Gasteiger partial charge in [0.05, 0.1) is 6.04 Å². The summed E-state index contributed by atoms with van der Waals surface area (Å²) < 4.78 is 0. The first kappa shape index (κ1) is 17.6. The third-order valence-electron chi connectivity index (χ3n) is 5.92. The van der Waals surface area contributed by atoms with Gasteiger partial charge in [-0.25, -0.2) is 9.79 Å². The summed E-state index contributed by atoms with van der Waals surface area (Å²) in [6, 6.07) is 9.54. The Morgan fingerprint density at radius 1 is 1.11 bits per heavy atom. The van der Waals surface area contributed by atoms with Crippen molar-refractivity contribution >= 4 is 17.9 Å². The van der Waals surface area contributed by atoms with Crippen LogP contribution in [-0.4, -0.2) is 63.3 Å². The second-order valence-corrected chi connectivity index (χ2v) is 7.26. The molecular weight excluding hydrogens is 342 g/mol. The van der Waals surface area contributed by atoms with Crippen molar-refractivity contribution in [1.29, 1.82) is 0 Å². The van der Waals surface area contributed by atoms with E-state index >= 15 is 0 Å². The summed E-state index contributed by atoms with van der Waals surface area (Å²) in [4.78, 5) is 37.5. The largest absolute Gasteiger partial charge is 0.328 e. The number of carbonyl (C=O) groups is 2. The van der Waals surface area contributed by atoms with E-state index in [0.29, 0.717) is 6.54 Å². The van der Waals surface area contributed by atoms with Crippen LogP contribution in [0.5, 0.6) is 0 Å². The number of carbonyl (C=O) groups excluding carboxylic acids is 2. The predicted molar refractivity (Wildman–Crippen MR) is 102 cm³/mol. The van der Waals surface area contributed by atoms with E-state index in [1.807, 2.05) is 36.9 Å². The van der Waals surface area contributed by atoms with Crippen molar-refractivity contribution < 1.29 is 9.59 Å². The van der Waals surface area contributed by atoms with Crippen molar-refractivity contribution in [3.8, 4) is 0 Å². The second-order valence-electron chi connectivity index (χ2n) is 7.26. The van der Waals surface area contributed by atoms with Crippen molar-refractivity contribution in [3.05, 3.63) is 47.3 Å². The van der Waals surface area contributed by atoms with Crippen LogP contribution >= 0.6 is 0 Å². The Labute approximate surface area is 159 Å². The monoisotopic (exact) mass is 367 g/mol. The number of allylic oxidation sites excluding steroid dienone is 2. The number of likely N-dealkylation sites (N-methyl/N-ethyl adjacent to an activating group) is 2. The van der Waals surface area contributed by atoms with Crippen LogP contribution in [0.4, 0.5) is 4.79 Å². The van der Waals surface area contributed by atoms with Gasteiger partial charge in [0, 0.05) is 25.0 Å². The van der Waals surface area contributed by atoms with E-state index in [2.05, 4.69) is 30.9 Å². The fourth-order valence-corrected chi connectivity index (χ4v) is 4.27. The normalized spacial score (nSPS) is 25.9. The lowest BCUT2D eigenvalue weighted by Crippen LogP contribution is -2.64. The number of hydrogen-bond donors (Lipinski definition) is 0. The van der Waals surface area contributed by atoms with Crippen LogP contribution in [0.3, 0.4) is 0 Å². The molecule has 7 heteroatoms. The maximum Gasteiger partial charge on any atom is 0.328 e. The van der Waals surface area contributed by atoms with Crippen LogP contribution in [0.1, 0.15) is 39.3 Å². The van der Waals surface area contributed by atoms with Gasteiger partial charge >= 0.3 is 6.03 Å². The Hall–Kier alpha value is -2.83. The Kier molecular flexibility index (Phi) is 3.98. The first-order valence-corrected chi connectivity index (χ1v) is 9.35. The highest BCUT2D eigenvalue weighted by Crippen LogP contribution is 2.41. The first-order chi connectivity index (χ1) is 12.9. The molecule has 1 aromatic carbocycles. The van der Waals surface area contributed by atoms with Gasteiger partial charge in [0.1, 0.15) is 0 Å². The number of urea groups is 1. The lowest BCUT2D eigenvalue weighted by atomic mass is 10.1. The fraction of sp³-hybridized carbons (Fsp3) is 0.450. The molecule has 0 radical (unpaired) electrons. The molecule has 3 amide bonds. The minimum atomic E-state index is -0.495. The van der Waals surface area contributed by atoms with E-state index in [1.165, 1.54) is 10.5 Å². The Bertz CT molecular complexity index is 862. The highest BCUT2D eigenvalue weighted by molar-refractivity contribution is 6.05. The van der Waals surface area contributed by atoms with Crippen LogP contribution in [-0.2, 0) is 4.79 Å². The SMILES string of the molecule is CCN1C(=O)C2C(N=C3N(C(C)c4ccccc4)C(C)=C(C)N32)N(C)C1=O. The van der Waals surface area contributed by atoms with E-state index in [9.17, 15) is 9.59 Å². The molecule has 0 aliphatic carbocycles.